The molecule has 1 amide bonds. The van der Waals surface area contributed by atoms with Crippen LogP contribution in [0.3, 0.4) is 0 Å². The monoisotopic (exact) mass is 341 g/mol. The van der Waals surface area contributed by atoms with E-state index in [9.17, 15) is 4.79 Å². The van der Waals surface area contributed by atoms with Crippen LogP contribution in [0, 0.1) is 20.8 Å². The molecule has 5 heteroatoms. The van der Waals surface area contributed by atoms with Crippen LogP contribution in [0.1, 0.15) is 41.0 Å². The van der Waals surface area contributed by atoms with E-state index in [1.807, 2.05) is 30.7 Å². The number of hydrogen-bond acceptors (Lipinski definition) is 4. The molecule has 1 aliphatic rings. The highest BCUT2D eigenvalue weighted by molar-refractivity contribution is 5.79. The van der Waals surface area contributed by atoms with E-state index in [0.29, 0.717) is 25.7 Å². The highest BCUT2D eigenvalue weighted by Gasteiger charge is 2.32. The van der Waals surface area contributed by atoms with E-state index in [1.54, 1.807) is 0 Å². The fraction of sp³-hybridized carbons (Fsp3) is 0.500. The van der Waals surface area contributed by atoms with Crippen LogP contribution >= 0.6 is 0 Å². The SMILES string of the molecule is Cc1ccc(CN(C(=O)CN(C)Cc2c(C)noc2C)C2CC2)cc1. The van der Waals surface area contributed by atoms with Gasteiger partial charge in [0, 0.05) is 24.7 Å². The van der Waals surface area contributed by atoms with Crippen molar-refractivity contribution >= 4 is 5.91 Å². The fourth-order valence-electron chi connectivity index (χ4n) is 3.07. The Hall–Kier alpha value is -2.14. The fourth-order valence-corrected chi connectivity index (χ4v) is 3.07. The molecule has 0 unspecified atom stereocenters. The lowest BCUT2D eigenvalue weighted by atomic mass is 10.1. The Balaban J connectivity index is 1.61. The first-order chi connectivity index (χ1) is 11.9. The van der Waals surface area contributed by atoms with Gasteiger partial charge in [0.15, 0.2) is 0 Å². The van der Waals surface area contributed by atoms with Crippen molar-refractivity contribution in [1.29, 1.82) is 0 Å². The number of nitrogens with zero attached hydrogens (tertiary/aromatic N) is 3. The first kappa shape index (κ1) is 17.7. The maximum Gasteiger partial charge on any atom is 0.237 e. The summed E-state index contributed by atoms with van der Waals surface area (Å²) in [6.45, 7) is 7.72. The Morgan fingerprint density at radius 1 is 1.16 bits per heavy atom. The number of carbonyl (C=O) groups is 1. The van der Waals surface area contributed by atoms with Crippen molar-refractivity contribution in [2.24, 2.45) is 0 Å². The Morgan fingerprint density at radius 2 is 1.84 bits per heavy atom. The number of benzene rings is 1. The van der Waals surface area contributed by atoms with E-state index in [0.717, 1.165) is 29.9 Å². The molecule has 0 N–H and O–H groups in total. The van der Waals surface area contributed by atoms with Crippen molar-refractivity contribution in [2.75, 3.05) is 13.6 Å². The molecule has 5 nitrogen and oxygen atoms in total. The molecular formula is C20H27N3O2. The van der Waals surface area contributed by atoms with E-state index in [1.165, 1.54) is 11.1 Å². The minimum Gasteiger partial charge on any atom is -0.361 e. The molecule has 0 radical (unpaired) electrons. The van der Waals surface area contributed by atoms with Gasteiger partial charge in [0.25, 0.3) is 0 Å². The molecule has 1 aromatic heterocycles. The van der Waals surface area contributed by atoms with Gasteiger partial charge in [-0.3, -0.25) is 9.69 Å². The molecule has 3 rings (SSSR count). The molecular weight excluding hydrogens is 314 g/mol. The third kappa shape index (κ3) is 4.48. The van der Waals surface area contributed by atoms with Crippen LogP contribution in [0.15, 0.2) is 28.8 Å². The van der Waals surface area contributed by atoms with Gasteiger partial charge in [-0.1, -0.05) is 35.0 Å². The Kier molecular flexibility index (Phi) is 5.23. The molecule has 1 aliphatic carbocycles. The van der Waals surface area contributed by atoms with E-state index in [4.69, 9.17) is 4.52 Å². The largest absolute Gasteiger partial charge is 0.361 e. The van der Waals surface area contributed by atoms with Crippen LogP contribution in [-0.4, -0.2) is 40.5 Å². The van der Waals surface area contributed by atoms with Crippen molar-refractivity contribution in [1.82, 2.24) is 15.0 Å². The number of likely N-dealkylation sites (N-methyl/N-ethyl adjacent to an activating group) is 1. The number of amides is 1. The molecule has 0 aliphatic heterocycles. The van der Waals surface area contributed by atoms with Crippen molar-refractivity contribution in [3.63, 3.8) is 0 Å². The first-order valence-electron chi connectivity index (χ1n) is 8.89. The standard InChI is InChI=1S/C20H27N3O2/c1-14-5-7-17(8-6-14)11-23(18-9-10-18)20(24)13-22(4)12-19-15(2)21-25-16(19)3/h5-8,18H,9-13H2,1-4H3. The zero-order valence-corrected chi connectivity index (χ0v) is 15.6. The number of rotatable bonds is 7. The molecule has 1 saturated carbocycles. The van der Waals surface area contributed by atoms with Crippen molar-refractivity contribution in [3.05, 3.63) is 52.4 Å². The quantitative estimate of drug-likeness (QED) is 0.776. The summed E-state index contributed by atoms with van der Waals surface area (Å²) in [5, 5.41) is 3.99. The smallest absolute Gasteiger partial charge is 0.237 e. The van der Waals surface area contributed by atoms with Crippen LogP contribution in [-0.2, 0) is 17.9 Å². The Bertz CT molecular complexity index is 712. The molecule has 1 fully saturated rings. The molecule has 1 heterocycles. The van der Waals surface area contributed by atoms with Gasteiger partial charge in [0.05, 0.1) is 12.2 Å². The van der Waals surface area contributed by atoms with E-state index >= 15 is 0 Å². The van der Waals surface area contributed by atoms with Crippen LogP contribution < -0.4 is 0 Å². The molecule has 2 aromatic rings. The normalized spacial score (nSPS) is 14.1. The zero-order valence-electron chi connectivity index (χ0n) is 15.6. The summed E-state index contributed by atoms with van der Waals surface area (Å²) in [6.07, 6.45) is 2.23. The summed E-state index contributed by atoms with van der Waals surface area (Å²) in [5.41, 5.74) is 4.41. The number of aryl methyl sites for hydroxylation is 3. The van der Waals surface area contributed by atoms with Crippen molar-refractivity contribution < 1.29 is 9.32 Å². The van der Waals surface area contributed by atoms with Gasteiger partial charge < -0.3 is 9.42 Å². The lowest BCUT2D eigenvalue weighted by Gasteiger charge is -2.25. The van der Waals surface area contributed by atoms with Gasteiger partial charge in [-0.05, 0) is 46.2 Å². The average molecular weight is 341 g/mol. The predicted molar refractivity (Wildman–Crippen MR) is 97.1 cm³/mol. The van der Waals surface area contributed by atoms with Crippen LogP contribution in [0.2, 0.25) is 0 Å². The highest BCUT2D eigenvalue weighted by Crippen LogP contribution is 2.28. The number of aromatic nitrogens is 1. The van der Waals surface area contributed by atoms with Gasteiger partial charge in [0.1, 0.15) is 5.76 Å². The maximum absolute atomic E-state index is 12.8. The summed E-state index contributed by atoms with van der Waals surface area (Å²) in [6, 6.07) is 8.85. The van der Waals surface area contributed by atoms with Gasteiger partial charge in [-0.25, -0.2) is 0 Å². The van der Waals surface area contributed by atoms with Crippen LogP contribution in [0.4, 0.5) is 0 Å². The molecule has 0 saturated heterocycles. The Morgan fingerprint density at radius 3 is 2.40 bits per heavy atom. The summed E-state index contributed by atoms with van der Waals surface area (Å²) in [4.78, 5) is 16.9. The minimum absolute atomic E-state index is 0.192. The van der Waals surface area contributed by atoms with Crippen molar-refractivity contribution in [2.45, 2.75) is 52.7 Å². The second kappa shape index (κ2) is 7.40. The van der Waals surface area contributed by atoms with Crippen LogP contribution in [0.5, 0.6) is 0 Å². The number of hydrogen-bond donors (Lipinski definition) is 0. The lowest BCUT2D eigenvalue weighted by molar-refractivity contribution is -0.133. The summed E-state index contributed by atoms with van der Waals surface area (Å²) >= 11 is 0. The molecule has 0 bridgehead atoms. The third-order valence-electron chi connectivity index (χ3n) is 4.80. The van der Waals surface area contributed by atoms with Crippen LogP contribution in [0.25, 0.3) is 0 Å². The predicted octanol–water partition coefficient (Wildman–Crippen LogP) is 3.22. The minimum atomic E-state index is 0.192. The molecule has 134 valence electrons. The zero-order chi connectivity index (χ0) is 18.0. The second-order valence-electron chi connectivity index (χ2n) is 7.21. The van der Waals surface area contributed by atoms with E-state index < -0.39 is 0 Å². The lowest BCUT2D eigenvalue weighted by Crippen LogP contribution is -2.39. The van der Waals surface area contributed by atoms with E-state index in [-0.39, 0.29) is 5.91 Å². The van der Waals surface area contributed by atoms with Gasteiger partial charge in [0.2, 0.25) is 5.91 Å². The van der Waals surface area contributed by atoms with Gasteiger partial charge in [-0.2, -0.15) is 0 Å². The van der Waals surface area contributed by atoms with E-state index in [2.05, 4.69) is 36.3 Å². The second-order valence-corrected chi connectivity index (χ2v) is 7.21. The van der Waals surface area contributed by atoms with Gasteiger partial charge >= 0.3 is 0 Å². The summed E-state index contributed by atoms with van der Waals surface area (Å²) in [7, 11) is 1.97. The third-order valence-corrected chi connectivity index (χ3v) is 4.80. The maximum atomic E-state index is 12.8. The van der Waals surface area contributed by atoms with Gasteiger partial charge in [-0.15, -0.1) is 0 Å². The highest BCUT2D eigenvalue weighted by atomic mass is 16.5. The molecule has 0 spiro atoms. The summed E-state index contributed by atoms with van der Waals surface area (Å²) in [5.74, 6) is 1.02. The molecule has 25 heavy (non-hydrogen) atoms. The number of carbonyl (C=O) groups excluding carboxylic acids is 1. The first-order valence-corrected chi connectivity index (χ1v) is 8.89. The molecule has 1 aromatic carbocycles. The molecule has 0 atom stereocenters. The Labute approximate surface area is 149 Å². The summed E-state index contributed by atoms with van der Waals surface area (Å²) < 4.78 is 5.21. The average Bonchev–Trinajstić information content (AvgIpc) is 3.36. The topological polar surface area (TPSA) is 49.6 Å². The van der Waals surface area contributed by atoms with Crippen molar-refractivity contribution in [3.8, 4) is 0 Å².